The monoisotopic (exact) mass is 385 g/mol. The fourth-order valence-electron chi connectivity index (χ4n) is 3.63. The van der Waals surface area contributed by atoms with Crippen molar-refractivity contribution in [1.29, 1.82) is 5.26 Å². The number of pyridine rings is 1. The van der Waals surface area contributed by atoms with Crippen LogP contribution in [0.3, 0.4) is 0 Å². The van der Waals surface area contributed by atoms with E-state index in [1.807, 2.05) is 46.4 Å². The summed E-state index contributed by atoms with van der Waals surface area (Å²) in [5.41, 5.74) is 2.50. The van der Waals surface area contributed by atoms with Crippen molar-refractivity contribution in [2.45, 2.75) is 25.6 Å². The van der Waals surface area contributed by atoms with Gasteiger partial charge in [-0.05, 0) is 30.0 Å². The third-order valence-corrected chi connectivity index (χ3v) is 7.52. The van der Waals surface area contributed by atoms with Gasteiger partial charge in [0.1, 0.15) is 6.07 Å². The Bertz CT molecular complexity index is 1060. The summed E-state index contributed by atoms with van der Waals surface area (Å²) < 4.78 is 25.9. The summed E-state index contributed by atoms with van der Waals surface area (Å²) >= 11 is 1.67. The first-order valence-corrected chi connectivity index (χ1v) is 11.2. The molecule has 1 saturated heterocycles. The van der Waals surface area contributed by atoms with Crippen LogP contribution in [-0.4, -0.2) is 35.3 Å². The summed E-state index contributed by atoms with van der Waals surface area (Å²) in [6, 6.07) is 12.2. The number of hydrogen-bond donors (Lipinski definition) is 0. The maximum atomic E-state index is 12.0. The SMILES string of the molecule is N#Cc1c(CN(Cc2cccs2)C2CCS(=O)(=O)C2)cn2ccccc12. The molecule has 0 spiro atoms. The molecule has 0 N–H and O–H groups in total. The minimum Gasteiger partial charge on any atom is -0.322 e. The first-order valence-electron chi connectivity index (χ1n) is 8.51. The highest BCUT2D eigenvalue weighted by Crippen LogP contribution is 2.26. The Morgan fingerprint density at radius 2 is 2.15 bits per heavy atom. The normalized spacial score (nSPS) is 19.2. The van der Waals surface area contributed by atoms with E-state index < -0.39 is 9.84 Å². The Balaban J connectivity index is 1.67. The van der Waals surface area contributed by atoms with Gasteiger partial charge in [-0.25, -0.2) is 8.42 Å². The Labute approximate surface area is 157 Å². The van der Waals surface area contributed by atoms with Gasteiger partial charge in [0.25, 0.3) is 0 Å². The van der Waals surface area contributed by atoms with Gasteiger partial charge in [-0.1, -0.05) is 12.1 Å². The molecule has 4 rings (SSSR count). The minimum absolute atomic E-state index is 0.00310. The van der Waals surface area contributed by atoms with Crippen LogP contribution in [0.4, 0.5) is 0 Å². The molecule has 26 heavy (non-hydrogen) atoms. The number of aromatic nitrogens is 1. The molecule has 3 aromatic heterocycles. The number of thiophene rings is 1. The van der Waals surface area contributed by atoms with Crippen molar-refractivity contribution < 1.29 is 8.42 Å². The molecule has 1 atom stereocenters. The van der Waals surface area contributed by atoms with Crippen LogP contribution in [0.2, 0.25) is 0 Å². The lowest BCUT2D eigenvalue weighted by Crippen LogP contribution is -2.35. The molecular formula is C19H19N3O2S2. The van der Waals surface area contributed by atoms with Crippen molar-refractivity contribution in [3.05, 3.63) is 64.1 Å². The van der Waals surface area contributed by atoms with Gasteiger partial charge in [0.05, 0.1) is 22.6 Å². The van der Waals surface area contributed by atoms with Gasteiger partial charge in [0, 0.05) is 42.0 Å². The molecule has 1 fully saturated rings. The molecule has 4 heterocycles. The van der Waals surface area contributed by atoms with E-state index in [0.717, 1.165) is 11.1 Å². The van der Waals surface area contributed by atoms with Gasteiger partial charge in [-0.3, -0.25) is 4.90 Å². The summed E-state index contributed by atoms with van der Waals surface area (Å²) in [5.74, 6) is 0.453. The van der Waals surface area contributed by atoms with Crippen molar-refractivity contribution >= 4 is 26.7 Å². The molecule has 1 unspecified atom stereocenters. The Morgan fingerprint density at radius 3 is 2.85 bits per heavy atom. The molecule has 134 valence electrons. The number of nitriles is 1. The number of hydrogen-bond acceptors (Lipinski definition) is 5. The second-order valence-electron chi connectivity index (χ2n) is 6.68. The second kappa shape index (κ2) is 6.88. The van der Waals surface area contributed by atoms with E-state index in [4.69, 9.17) is 0 Å². The third-order valence-electron chi connectivity index (χ3n) is 4.91. The predicted molar refractivity (Wildman–Crippen MR) is 103 cm³/mol. The standard InChI is InChI=1S/C19H19N3O2S2/c20-10-18-15(11-21-7-2-1-5-19(18)21)12-22(13-17-4-3-8-25-17)16-6-9-26(23,24)14-16/h1-5,7-8,11,16H,6,9,12-14H2. The largest absolute Gasteiger partial charge is 0.322 e. The summed E-state index contributed by atoms with van der Waals surface area (Å²) in [6.45, 7) is 1.28. The van der Waals surface area contributed by atoms with Crippen LogP contribution in [0.5, 0.6) is 0 Å². The Morgan fingerprint density at radius 1 is 1.27 bits per heavy atom. The highest BCUT2D eigenvalue weighted by molar-refractivity contribution is 7.91. The van der Waals surface area contributed by atoms with Gasteiger partial charge in [-0.2, -0.15) is 5.26 Å². The van der Waals surface area contributed by atoms with Crippen LogP contribution in [0.25, 0.3) is 5.52 Å². The van der Waals surface area contributed by atoms with Crippen LogP contribution in [-0.2, 0) is 22.9 Å². The lowest BCUT2D eigenvalue weighted by molar-refractivity contribution is 0.196. The molecule has 0 saturated carbocycles. The quantitative estimate of drug-likeness (QED) is 0.677. The highest BCUT2D eigenvalue weighted by Gasteiger charge is 2.33. The van der Waals surface area contributed by atoms with Crippen LogP contribution >= 0.6 is 11.3 Å². The van der Waals surface area contributed by atoms with Crippen molar-refractivity contribution in [2.75, 3.05) is 11.5 Å². The van der Waals surface area contributed by atoms with Crippen LogP contribution in [0.1, 0.15) is 22.4 Å². The molecule has 0 aliphatic carbocycles. The highest BCUT2D eigenvalue weighted by atomic mass is 32.2. The maximum Gasteiger partial charge on any atom is 0.151 e. The lowest BCUT2D eigenvalue weighted by Gasteiger charge is -2.27. The first-order chi connectivity index (χ1) is 12.6. The van der Waals surface area contributed by atoms with Crippen LogP contribution in [0, 0.1) is 11.3 Å². The molecule has 0 bridgehead atoms. The maximum absolute atomic E-state index is 12.0. The molecule has 5 nitrogen and oxygen atoms in total. The molecule has 0 amide bonds. The summed E-state index contributed by atoms with van der Waals surface area (Å²) in [6.07, 6.45) is 4.57. The smallest absolute Gasteiger partial charge is 0.151 e. The predicted octanol–water partition coefficient (Wildman–Crippen LogP) is 3.06. The van der Waals surface area contributed by atoms with Gasteiger partial charge >= 0.3 is 0 Å². The van der Waals surface area contributed by atoms with E-state index in [1.54, 1.807) is 11.3 Å². The van der Waals surface area contributed by atoms with Crippen LogP contribution in [0.15, 0.2) is 48.1 Å². The van der Waals surface area contributed by atoms with E-state index in [0.29, 0.717) is 25.1 Å². The van der Waals surface area contributed by atoms with E-state index in [1.165, 1.54) is 4.88 Å². The average molecular weight is 386 g/mol. The molecule has 7 heteroatoms. The molecule has 0 radical (unpaired) electrons. The number of fused-ring (bicyclic) bond motifs is 1. The molecule has 3 aromatic rings. The lowest BCUT2D eigenvalue weighted by atomic mass is 10.1. The van der Waals surface area contributed by atoms with E-state index in [2.05, 4.69) is 17.0 Å². The van der Waals surface area contributed by atoms with Crippen LogP contribution < -0.4 is 0 Å². The Hall–Kier alpha value is -2.14. The number of nitrogens with zero attached hydrogens (tertiary/aromatic N) is 3. The summed E-state index contributed by atoms with van der Waals surface area (Å²) in [4.78, 5) is 3.42. The minimum atomic E-state index is -2.96. The molecule has 1 aliphatic heterocycles. The van der Waals surface area contributed by atoms with Crippen molar-refractivity contribution in [2.24, 2.45) is 0 Å². The van der Waals surface area contributed by atoms with E-state index >= 15 is 0 Å². The molecule has 1 aliphatic rings. The number of sulfone groups is 1. The number of rotatable bonds is 5. The first kappa shape index (κ1) is 17.3. The average Bonchev–Trinajstić information content (AvgIpc) is 3.32. The summed E-state index contributed by atoms with van der Waals surface area (Å²) in [5, 5.41) is 11.7. The van der Waals surface area contributed by atoms with E-state index in [-0.39, 0.29) is 17.5 Å². The zero-order valence-electron chi connectivity index (χ0n) is 14.2. The van der Waals surface area contributed by atoms with Gasteiger partial charge < -0.3 is 4.40 Å². The molecular weight excluding hydrogens is 366 g/mol. The fraction of sp³-hybridized carbons (Fsp3) is 0.316. The zero-order chi connectivity index (χ0) is 18.1. The van der Waals surface area contributed by atoms with Crippen molar-refractivity contribution in [1.82, 2.24) is 9.30 Å². The van der Waals surface area contributed by atoms with Crippen molar-refractivity contribution in [3.8, 4) is 6.07 Å². The van der Waals surface area contributed by atoms with Gasteiger partial charge in [-0.15, -0.1) is 11.3 Å². The van der Waals surface area contributed by atoms with Gasteiger partial charge in [0.15, 0.2) is 9.84 Å². The Kier molecular flexibility index (Phi) is 4.57. The van der Waals surface area contributed by atoms with E-state index in [9.17, 15) is 13.7 Å². The topological polar surface area (TPSA) is 65.6 Å². The third kappa shape index (κ3) is 3.40. The zero-order valence-corrected chi connectivity index (χ0v) is 15.8. The second-order valence-corrected chi connectivity index (χ2v) is 9.94. The summed E-state index contributed by atoms with van der Waals surface area (Å²) in [7, 11) is -2.96. The van der Waals surface area contributed by atoms with Crippen molar-refractivity contribution in [3.63, 3.8) is 0 Å². The van der Waals surface area contributed by atoms with Gasteiger partial charge in [0.2, 0.25) is 0 Å². The molecule has 0 aromatic carbocycles. The fourth-order valence-corrected chi connectivity index (χ4v) is 6.12.